The molecule has 0 bridgehead atoms. The Morgan fingerprint density at radius 2 is 0.725 bits per heavy atom. The van der Waals surface area contributed by atoms with Crippen LogP contribution in [0.5, 0.6) is 0 Å². The number of esters is 2. The van der Waals surface area contributed by atoms with Gasteiger partial charge in [0.25, 0.3) is 0 Å². The minimum Gasteiger partial charge on any atom is -0.545 e. The van der Waals surface area contributed by atoms with E-state index in [1.54, 1.807) is 6.92 Å². The molecule has 6 rings (SSSR count). The van der Waals surface area contributed by atoms with Crippen LogP contribution in [0, 0.1) is 6.58 Å². The molecule has 0 aliphatic heterocycles. The Morgan fingerprint density at radius 1 is 0.510 bits per heavy atom. The summed E-state index contributed by atoms with van der Waals surface area (Å²) in [6, 6.07) is 65.0. The number of ether oxygens (including phenoxy) is 2. The fraction of sp³-hybridized carbons (Fsp3) is 0.0698. The van der Waals surface area contributed by atoms with Gasteiger partial charge in [-0.15, -0.1) is 0 Å². The van der Waals surface area contributed by atoms with Gasteiger partial charge in [0.2, 0.25) is 5.97 Å². The molecule has 0 spiro atoms. The maximum Gasteiger partial charge on any atom is 0.305 e. The molecule has 51 heavy (non-hydrogen) atoms. The van der Waals surface area contributed by atoms with E-state index in [4.69, 9.17) is 6.58 Å². The van der Waals surface area contributed by atoms with Crippen LogP contribution >= 0.6 is 29.3 Å². The van der Waals surface area contributed by atoms with E-state index >= 15 is 0 Å². The van der Waals surface area contributed by atoms with E-state index in [1.807, 2.05) is 0 Å². The van der Waals surface area contributed by atoms with Crippen LogP contribution in [0.15, 0.2) is 188 Å². The molecule has 8 heteroatoms. The molecule has 0 aromatic heterocycles. The Balaban J connectivity index is 0.000000210. The van der Waals surface area contributed by atoms with E-state index in [-0.39, 0.29) is 6.61 Å². The van der Waals surface area contributed by atoms with Crippen molar-refractivity contribution in [3.8, 4) is 0 Å². The van der Waals surface area contributed by atoms with Gasteiger partial charge in [-0.05, 0) is 79.7 Å². The molecule has 0 N–H and O–H groups in total. The first-order chi connectivity index (χ1) is 25.0. The van der Waals surface area contributed by atoms with Crippen LogP contribution in [-0.4, -0.2) is 18.5 Å². The van der Waals surface area contributed by atoms with Crippen molar-refractivity contribution in [1.29, 1.82) is 0 Å². The minimum absolute atomic E-state index is 0.195. The van der Waals surface area contributed by atoms with Crippen LogP contribution in [0.1, 0.15) is 13.8 Å². The summed E-state index contributed by atoms with van der Waals surface area (Å²) in [5, 5.41) is 8.61. The van der Waals surface area contributed by atoms with Crippen LogP contribution < -0.4 is 31.8 Å². The molecule has 6 aromatic carbocycles. The molecule has 0 atom stereocenters. The normalized spacial score (nSPS) is 9.86. The van der Waals surface area contributed by atoms with Crippen molar-refractivity contribution in [2.45, 2.75) is 13.8 Å². The molecule has 0 aliphatic rings. The first-order valence-corrected chi connectivity index (χ1v) is 22.7. The number of hydrogen-bond acceptors (Lipinski definition) is 4. The second-order valence-corrected chi connectivity index (χ2v) is 15.6. The second-order valence-electron chi connectivity index (χ2n) is 10.6. The predicted octanol–water partition coefficient (Wildman–Crippen LogP) is 7.63. The zero-order valence-electron chi connectivity index (χ0n) is 28.4. The SMILES string of the molecule is [Br][Pd+].[CH-]=C(OC(C)=O)C(=O)OCC.c1ccc([PH+](c2ccccc2)c2ccccc2)cc1.c1ccc([PH+](c2ccccc2)c2ccccc2)cc1. The van der Waals surface area contributed by atoms with Crippen molar-refractivity contribution in [2.24, 2.45) is 0 Å². The van der Waals surface area contributed by atoms with Crippen molar-refractivity contribution in [2.75, 3.05) is 6.61 Å². The van der Waals surface area contributed by atoms with Crippen molar-refractivity contribution in [3.05, 3.63) is 194 Å². The molecular formula is C43H41BrO4P2Pd+2. The summed E-state index contributed by atoms with van der Waals surface area (Å²) in [5.74, 6) is -1.99. The van der Waals surface area contributed by atoms with Gasteiger partial charge < -0.3 is 14.3 Å². The average Bonchev–Trinajstić information content (AvgIpc) is 3.19. The Kier molecular flexibility index (Phi) is 19.7. The maximum atomic E-state index is 10.6. The zero-order valence-corrected chi connectivity index (χ0v) is 33.6. The first-order valence-electron chi connectivity index (χ1n) is 16.1. The molecule has 6 aromatic rings. The van der Waals surface area contributed by atoms with Crippen molar-refractivity contribution < 1.29 is 36.2 Å². The third kappa shape index (κ3) is 14.3. The van der Waals surface area contributed by atoms with Crippen molar-refractivity contribution >= 4 is 73.0 Å². The fourth-order valence-corrected chi connectivity index (χ4v) is 10.2. The summed E-state index contributed by atoms with van der Waals surface area (Å²) in [6.07, 6.45) is 0. The van der Waals surface area contributed by atoms with E-state index in [0.717, 1.165) is 6.92 Å². The van der Waals surface area contributed by atoms with Crippen molar-refractivity contribution in [1.82, 2.24) is 0 Å². The monoisotopic (exact) mass is 868 g/mol. The zero-order chi connectivity index (χ0) is 36.7. The van der Waals surface area contributed by atoms with Crippen LogP contribution in [-0.2, 0) is 36.2 Å². The van der Waals surface area contributed by atoms with E-state index in [9.17, 15) is 9.59 Å². The Bertz CT molecular complexity index is 1540. The summed E-state index contributed by atoms with van der Waals surface area (Å²) < 4.78 is 8.67. The van der Waals surface area contributed by atoms with E-state index in [0.29, 0.717) is 0 Å². The van der Waals surface area contributed by atoms with Gasteiger partial charge in [-0.25, -0.2) is 6.58 Å². The Labute approximate surface area is 322 Å². The van der Waals surface area contributed by atoms with Crippen LogP contribution in [0.2, 0.25) is 0 Å². The molecule has 262 valence electrons. The third-order valence-electron chi connectivity index (χ3n) is 7.11. The maximum absolute atomic E-state index is 10.6. The first kappa shape index (κ1) is 41.4. The predicted molar refractivity (Wildman–Crippen MR) is 218 cm³/mol. The van der Waals surface area contributed by atoms with Crippen LogP contribution in [0.3, 0.4) is 0 Å². The molecular weight excluding hydrogens is 829 g/mol. The van der Waals surface area contributed by atoms with E-state index in [1.165, 1.54) is 31.8 Å². The summed E-state index contributed by atoms with van der Waals surface area (Å²) in [6.45, 7) is 7.97. The fourth-order valence-electron chi connectivity index (χ4n) is 5.03. The molecule has 0 amide bonds. The summed E-state index contributed by atoms with van der Waals surface area (Å²) >= 11 is 5.35. The Hall–Kier alpha value is -4.00. The smallest absolute Gasteiger partial charge is 0.305 e. The van der Waals surface area contributed by atoms with Gasteiger partial charge in [-0.3, -0.25) is 4.79 Å². The number of carbonyl (C=O) groups excluding carboxylic acids is 2. The average molecular weight is 870 g/mol. The van der Waals surface area contributed by atoms with E-state index < -0.39 is 33.5 Å². The van der Waals surface area contributed by atoms with Crippen molar-refractivity contribution in [3.63, 3.8) is 0 Å². The molecule has 0 heterocycles. The molecule has 0 radical (unpaired) electrons. The Morgan fingerprint density at radius 3 is 0.902 bits per heavy atom. The number of carbonyl (C=O) groups is 2. The van der Waals surface area contributed by atoms with Gasteiger partial charge in [0.1, 0.15) is 31.8 Å². The molecule has 0 fully saturated rings. The van der Waals surface area contributed by atoms with Gasteiger partial charge in [-0.2, -0.15) is 0 Å². The van der Waals surface area contributed by atoms with Gasteiger partial charge in [-0.1, -0.05) is 109 Å². The summed E-state index contributed by atoms with van der Waals surface area (Å²) in [5.41, 5.74) is 0. The van der Waals surface area contributed by atoms with E-state index in [2.05, 4.69) is 222 Å². The number of hydrogen-bond donors (Lipinski definition) is 0. The summed E-state index contributed by atoms with van der Waals surface area (Å²) in [4.78, 5) is 20.8. The van der Waals surface area contributed by atoms with Gasteiger partial charge in [0, 0.05) is 12.7 Å². The molecule has 0 saturated carbocycles. The largest absolute Gasteiger partial charge is 0.545 e. The number of rotatable bonds is 9. The molecule has 4 nitrogen and oxygen atoms in total. The minimum atomic E-state index is -0.877. The van der Waals surface area contributed by atoms with Gasteiger partial charge in [0.15, 0.2) is 0 Å². The quantitative estimate of drug-likeness (QED) is 0.0375. The van der Waals surface area contributed by atoms with Gasteiger partial charge >= 0.3 is 36.6 Å². The van der Waals surface area contributed by atoms with Gasteiger partial charge in [0.05, 0.1) is 22.5 Å². The molecule has 0 unspecified atom stereocenters. The molecule has 0 aliphatic carbocycles. The van der Waals surface area contributed by atoms with Crippen LogP contribution in [0.4, 0.5) is 0 Å². The number of halogens is 1. The molecule has 0 saturated heterocycles. The third-order valence-corrected chi connectivity index (χ3v) is 12.6. The van der Waals surface area contributed by atoms with Crippen LogP contribution in [0.25, 0.3) is 0 Å². The standard InChI is InChI=1S/2C18H15P.C7H9O4.BrH.Pd/c2*1-4-10-16(11-5-1)19(17-12-6-2-7-13-17)18-14-8-3-9-15-18;1-4-10-7(9)5(2)11-6(3)8;;/h2*1-15H;2H,4H2,1,3H3;1H;/q;;-1;;+2/p+1. The second kappa shape index (κ2) is 24.2. The number of benzene rings is 6. The summed E-state index contributed by atoms with van der Waals surface area (Å²) in [7, 11) is -1.75. The topological polar surface area (TPSA) is 52.6 Å².